The summed E-state index contributed by atoms with van der Waals surface area (Å²) >= 11 is 4.04. The molecule has 0 amide bonds. The fourth-order valence-electron chi connectivity index (χ4n) is 2.58. The molecule has 3 fully saturated rings. The van der Waals surface area contributed by atoms with Crippen molar-refractivity contribution in [3.8, 4) is 0 Å². The number of hydrogen-bond acceptors (Lipinski definition) is 4. The van der Waals surface area contributed by atoms with E-state index in [2.05, 4.69) is 0 Å². The number of hydrogen-bond donors (Lipinski definition) is 0. The molecule has 3 rings (SSSR count). The second-order valence-electron chi connectivity index (χ2n) is 4.22. The molecular weight excluding hydrogens is 216 g/mol. The highest BCUT2D eigenvalue weighted by Gasteiger charge is 2.47. The van der Waals surface area contributed by atoms with Gasteiger partial charge in [0.2, 0.25) is 0 Å². The van der Waals surface area contributed by atoms with E-state index in [9.17, 15) is 0 Å². The monoisotopic (exact) mass is 232 g/mol. The maximum Gasteiger partial charge on any atom is 0.114 e. The van der Waals surface area contributed by atoms with Gasteiger partial charge in [-0.15, -0.1) is 23.5 Å². The van der Waals surface area contributed by atoms with Crippen molar-refractivity contribution in [2.24, 2.45) is 0 Å². The number of rotatable bonds is 0. The Morgan fingerprint density at radius 2 is 1.14 bits per heavy atom. The van der Waals surface area contributed by atoms with Crippen molar-refractivity contribution in [2.75, 3.05) is 24.7 Å². The molecule has 0 atom stereocenters. The number of ether oxygens (including phenoxy) is 2. The molecule has 0 bridgehead atoms. The molecule has 0 aromatic rings. The summed E-state index contributed by atoms with van der Waals surface area (Å²) in [5.74, 6) is 2.36. The van der Waals surface area contributed by atoms with Gasteiger partial charge >= 0.3 is 0 Å². The van der Waals surface area contributed by atoms with Crippen LogP contribution in [0.15, 0.2) is 0 Å². The summed E-state index contributed by atoms with van der Waals surface area (Å²) in [6.45, 7) is 1.90. The maximum atomic E-state index is 5.88. The van der Waals surface area contributed by atoms with E-state index in [1.165, 1.54) is 37.2 Å². The lowest BCUT2D eigenvalue weighted by Gasteiger charge is -2.40. The summed E-state index contributed by atoms with van der Waals surface area (Å²) in [5, 5.41) is 0. The fourth-order valence-corrected chi connectivity index (χ4v) is 4.98. The van der Waals surface area contributed by atoms with Crippen LogP contribution in [0.1, 0.15) is 25.7 Å². The SMILES string of the molecule is C1CSC2(CCC3(CC2)OCCS3)O1. The van der Waals surface area contributed by atoms with Gasteiger partial charge in [-0.1, -0.05) is 0 Å². The van der Waals surface area contributed by atoms with E-state index >= 15 is 0 Å². The standard InChI is InChI=1S/C10H16O2S2/c1-2-10(12-6-8-14-10)4-3-9(1)11-5-7-13-9/h1-8H2. The van der Waals surface area contributed by atoms with E-state index in [4.69, 9.17) is 9.47 Å². The van der Waals surface area contributed by atoms with Crippen molar-refractivity contribution in [1.29, 1.82) is 0 Å². The minimum Gasteiger partial charge on any atom is -0.363 e. The van der Waals surface area contributed by atoms with Gasteiger partial charge in [-0.2, -0.15) is 0 Å². The molecular formula is C10H16O2S2. The van der Waals surface area contributed by atoms with E-state index in [1.807, 2.05) is 23.5 Å². The highest BCUT2D eigenvalue weighted by atomic mass is 32.2. The van der Waals surface area contributed by atoms with Gasteiger partial charge in [-0.25, -0.2) is 0 Å². The highest BCUT2D eigenvalue weighted by molar-refractivity contribution is 8.01. The van der Waals surface area contributed by atoms with Crippen LogP contribution in [-0.2, 0) is 9.47 Å². The maximum absolute atomic E-state index is 5.88. The molecule has 0 unspecified atom stereocenters. The molecule has 2 saturated heterocycles. The van der Waals surface area contributed by atoms with Gasteiger partial charge in [-0.05, 0) is 25.7 Å². The molecule has 0 radical (unpaired) electrons. The van der Waals surface area contributed by atoms with E-state index in [1.54, 1.807) is 0 Å². The summed E-state index contributed by atoms with van der Waals surface area (Å²) in [5.41, 5.74) is 0. The smallest absolute Gasteiger partial charge is 0.114 e. The Bertz CT molecular complexity index is 184. The van der Waals surface area contributed by atoms with Crippen LogP contribution in [0.25, 0.3) is 0 Å². The summed E-state index contributed by atoms with van der Waals surface area (Å²) < 4.78 is 11.8. The third-order valence-corrected chi connectivity index (χ3v) is 6.25. The third-order valence-electron chi connectivity index (χ3n) is 3.40. The van der Waals surface area contributed by atoms with Crippen LogP contribution in [0, 0.1) is 0 Å². The van der Waals surface area contributed by atoms with Crippen LogP contribution in [0.5, 0.6) is 0 Å². The minimum atomic E-state index is 0.178. The Balaban J connectivity index is 1.66. The largest absolute Gasteiger partial charge is 0.363 e. The lowest BCUT2D eigenvalue weighted by molar-refractivity contribution is -0.0422. The van der Waals surface area contributed by atoms with Crippen molar-refractivity contribution in [1.82, 2.24) is 0 Å². The van der Waals surface area contributed by atoms with Gasteiger partial charge in [0.05, 0.1) is 13.2 Å². The topological polar surface area (TPSA) is 18.5 Å². The lowest BCUT2D eigenvalue weighted by Crippen LogP contribution is -2.38. The van der Waals surface area contributed by atoms with Crippen molar-refractivity contribution in [2.45, 2.75) is 35.5 Å². The second kappa shape index (κ2) is 3.58. The van der Waals surface area contributed by atoms with Crippen molar-refractivity contribution < 1.29 is 9.47 Å². The van der Waals surface area contributed by atoms with Crippen molar-refractivity contribution >= 4 is 23.5 Å². The molecule has 1 aliphatic carbocycles. The Hall–Kier alpha value is 0.620. The molecule has 3 aliphatic rings. The predicted molar refractivity (Wildman–Crippen MR) is 60.8 cm³/mol. The Morgan fingerprint density at radius 3 is 1.43 bits per heavy atom. The Kier molecular flexibility index (Phi) is 2.51. The lowest BCUT2D eigenvalue weighted by atomic mass is 9.93. The number of thioether (sulfide) groups is 2. The Morgan fingerprint density at radius 1 is 0.714 bits per heavy atom. The summed E-state index contributed by atoms with van der Waals surface area (Å²) in [6.07, 6.45) is 4.74. The van der Waals surface area contributed by atoms with Crippen LogP contribution in [0.2, 0.25) is 0 Å². The first kappa shape index (κ1) is 9.82. The predicted octanol–water partition coefficient (Wildman–Crippen LogP) is 2.48. The summed E-state index contributed by atoms with van der Waals surface area (Å²) in [4.78, 5) is 0.357. The van der Waals surface area contributed by atoms with E-state index in [0.717, 1.165) is 13.2 Å². The van der Waals surface area contributed by atoms with Gasteiger partial charge in [0.1, 0.15) is 9.87 Å². The average molecular weight is 232 g/mol. The molecule has 4 heteroatoms. The highest BCUT2D eigenvalue weighted by Crippen LogP contribution is 2.53. The summed E-state index contributed by atoms with van der Waals surface area (Å²) in [7, 11) is 0. The van der Waals surface area contributed by atoms with E-state index in [-0.39, 0.29) is 9.87 Å². The molecule has 1 saturated carbocycles. The molecule has 14 heavy (non-hydrogen) atoms. The summed E-state index contributed by atoms with van der Waals surface area (Å²) in [6, 6.07) is 0. The van der Waals surface area contributed by atoms with Gasteiger partial charge in [0.25, 0.3) is 0 Å². The van der Waals surface area contributed by atoms with Crippen LogP contribution >= 0.6 is 23.5 Å². The third kappa shape index (κ3) is 1.60. The Labute approximate surface area is 93.5 Å². The van der Waals surface area contributed by atoms with Gasteiger partial charge in [-0.3, -0.25) is 0 Å². The zero-order valence-electron chi connectivity index (χ0n) is 8.29. The first-order valence-corrected chi connectivity index (χ1v) is 7.36. The molecule has 2 heterocycles. The normalized spacial score (nSPS) is 48.0. The van der Waals surface area contributed by atoms with Gasteiger partial charge in [0, 0.05) is 11.5 Å². The molecule has 2 nitrogen and oxygen atoms in total. The molecule has 0 N–H and O–H groups in total. The van der Waals surface area contributed by atoms with Crippen LogP contribution in [0.3, 0.4) is 0 Å². The van der Waals surface area contributed by atoms with Crippen LogP contribution in [-0.4, -0.2) is 34.6 Å². The van der Waals surface area contributed by atoms with Crippen molar-refractivity contribution in [3.05, 3.63) is 0 Å². The average Bonchev–Trinajstić information content (AvgIpc) is 2.81. The first-order valence-electron chi connectivity index (χ1n) is 5.39. The molecule has 2 aliphatic heterocycles. The molecule has 80 valence electrons. The molecule has 0 aromatic carbocycles. The quantitative estimate of drug-likeness (QED) is 0.638. The van der Waals surface area contributed by atoms with Crippen molar-refractivity contribution in [3.63, 3.8) is 0 Å². The van der Waals surface area contributed by atoms with Gasteiger partial charge in [0.15, 0.2) is 0 Å². The van der Waals surface area contributed by atoms with Gasteiger partial charge < -0.3 is 9.47 Å². The first-order chi connectivity index (χ1) is 6.83. The molecule has 2 spiro atoms. The zero-order valence-corrected chi connectivity index (χ0v) is 9.92. The van der Waals surface area contributed by atoms with Crippen LogP contribution < -0.4 is 0 Å². The molecule has 0 aromatic heterocycles. The van der Waals surface area contributed by atoms with E-state index < -0.39 is 0 Å². The minimum absolute atomic E-state index is 0.178. The van der Waals surface area contributed by atoms with E-state index in [0.29, 0.717) is 0 Å². The second-order valence-corrected chi connectivity index (χ2v) is 7.10. The van der Waals surface area contributed by atoms with Crippen LogP contribution in [0.4, 0.5) is 0 Å². The fraction of sp³-hybridized carbons (Fsp3) is 1.00. The zero-order chi connectivity index (χ0) is 9.49.